The van der Waals surface area contributed by atoms with E-state index in [9.17, 15) is 18.7 Å². The summed E-state index contributed by atoms with van der Waals surface area (Å²) in [6, 6.07) is 9.24. The normalized spacial score (nSPS) is 12.0. The van der Waals surface area contributed by atoms with Crippen molar-refractivity contribution in [1.29, 1.82) is 0 Å². The van der Waals surface area contributed by atoms with Gasteiger partial charge in [0.05, 0.1) is 5.69 Å². The van der Waals surface area contributed by atoms with Crippen LogP contribution in [-0.2, 0) is 4.79 Å². The highest BCUT2D eigenvalue weighted by atomic mass is 79.9. The summed E-state index contributed by atoms with van der Waals surface area (Å²) in [4.78, 5) is 11.8. The van der Waals surface area contributed by atoms with Crippen molar-refractivity contribution in [2.75, 3.05) is 5.32 Å². The lowest BCUT2D eigenvalue weighted by atomic mass is 10.1. The zero-order valence-electron chi connectivity index (χ0n) is 10.1. The molecule has 6 heteroatoms. The van der Waals surface area contributed by atoms with Gasteiger partial charge in [-0.15, -0.1) is 0 Å². The van der Waals surface area contributed by atoms with Crippen LogP contribution in [0.1, 0.15) is 11.7 Å². The molecule has 0 aliphatic rings. The Morgan fingerprint density at radius 3 is 2.40 bits per heavy atom. The molecule has 0 fully saturated rings. The molecule has 1 amide bonds. The highest BCUT2D eigenvalue weighted by Gasteiger charge is 2.18. The van der Waals surface area contributed by atoms with Crippen LogP contribution in [0.5, 0.6) is 0 Å². The van der Waals surface area contributed by atoms with Crippen LogP contribution in [0, 0.1) is 11.6 Å². The molecule has 0 aromatic heterocycles. The number of hydrogen-bond acceptors (Lipinski definition) is 2. The van der Waals surface area contributed by atoms with Gasteiger partial charge in [-0.05, 0) is 29.8 Å². The number of hydrogen-bond donors (Lipinski definition) is 2. The summed E-state index contributed by atoms with van der Waals surface area (Å²) in [5.41, 5.74) is 0.181. The molecule has 0 saturated carbocycles. The first kappa shape index (κ1) is 14.6. The molecule has 0 saturated heterocycles. The highest BCUT2D eigenvalue weighted by molar-refractivity contribution is 9.10. The van der Waals surface area contributed by atoms with Gasteiger partial charge in [0.1, 0.15) is 11.6 Å². The molecule has 1 atom stereocenters. The molecule has 0 aliphatic carbocycles. The predicted molar refractivity (Wildman–Crippen MR) is 74.1 cm³/mol. The molecule has 2 aromatic rings. The van der Waals surface area contributed by atoms with Gasteiger partial charge in [-0.25, -0.2) is 8.78 Å². The van der Waals surface area contributed by atoms with Crippen LogP contribution >= 0.6 is 15.9 Å². The molecule has 104 valence electrons. The zero-order chi connectivity index (χ0) is 14.7. The summed E-state index contributed by atoms with van der Waals surface area (Å²) in [6.07, 6.45) is -1.44. The number of nitrogens with one attached hydrogen (secondary N) is 1. The number of aliphatic hydroxyl groups excluding tert-OH is 1. The SMILES string of the molecule is O=C(Nc1ccc(F)cc1F)C(O)c1ccc(Br)cc1. The average Bonchev–Trinajstić information content (AvgIpc) is 2.42. The molecule has 1 unspecified atom stereocenters. The minimum atomic E-state index is -1.44. The number of aliphatic hydroxyl groups is 1. The Morgan fingerprint density at radius 1 is 1.15 bits per heavy atom. The number of amides is 1. The molecule has 0 heterocycles. The van der Waals surface area contributed by atoms with Crippen LogP contribution in [0.4, 0.5) is 14.5 Å². The topological polar surface area (TPSA) is 49.3 Å². The second-order valence-corrected chi connectivity index (χ2v) is 4.98. The van der Waals surface area contributed by atoms with E-state index in [4.69, 9.17) is 0 Å². The van der Waals surface area contributed by atoms with E-state index in [2.05, 4.69) is 21.2 Å². The summed E-state index contributed by atoms with van der Waals surface area (Å²) in [6.45, 7) is 0. The first-order valence-corrected chi connectivity index (χ1v) is 6.46. The number of benzene rings is 2. The maximum atomic E-state index is 13.4. The molecule has 0 spiro atoms. The van der Waals surface area contributed by atoms with E-state index >= 15 is 0 Å². The van der Waals surface area contributed by atoms with Gasteiger partial charge in [0.2, 0.25) is 0 Å². The van der Waals surface area contributed by atoms with E-state index in [-0.39, 0.29) is 5.69 Å². The van der Waals surface area contributed by atoms with E-state index in [1.54, 1.807) is 24.3 Å². The lowest BCUT2D eigenvalue weighted by Gasteiger charge is -2.12. The summed E-state index contributed by atoms with van der Waals surface area (Å²) >= 11 is 3.23. The lowest BCUT2D eigenvalue weighted by Crippen LogP contribution is -2.21. The van der Waals surface area contributed by atoms with Gasteiger partial charge in [0.25, 0.3) is 5.91 Å². The van der Waals surface area contributed by atoms with Crippen LogP contribution in [-0.4, -0.2) is 11.0 Å². The van der Waals surface area contributed by atoms with Crippen molar-refractivity contribution in [3.8, 4) is 0 Å². The van der Waals surface area contributed by atoms with Crippen LogP contribution in [0.2, 0.25) is 0 Å². The smallest absolute Gasteiger partial charge is 0.257 e. The van der Waals surface area contributed by atoms with Crippen molar-refractivity contribution in [3.05, 3.63) is 64.1 Å². The number of rotatable bonds is 3. The summed E-state index contributed by atoms with van der Waals surface area (Å²) in [7, 11) is 0. The Labute approximate surface area is 122 Å². The maximum Gasteiger partial charge on any atom is 0.257 e. The Balaban J connectivity index is 2.13. The standard InChI is InChI=1S/C14H10BrF2NO2/c15-9-3-1-8(2-4-9)13(19)14(20)18-12-6-5-10(16)7-11(12)17/h1-7,13,19H,(H,18,20). The van der Waals surface area contributed by atoms with Crippen LogP contribution in [0.3, 0.4) is 0 Å². The first-order chi connectivity index (χ1) is 9.47. The van der Waals surface area contributed by atoms with Gasteiger partial charge in [-0.1, -0.05) is 28.1 Å². The van der Waals surface area contributed by atoms with Crippen LogP contribution in [0.15, 0.2) is 46.9 Å². The number of carbonyl (C=O) groups is 1. The summed E-state index contributed by atoms with van der Waals surface area (Å²) < 4.78 is 26.9. The third-order valence-corrected chi connectivity index (χ3v) is 3.15. The third kappa shape index (κ3) is 3.40. The Morgan fingerprint density at radius 2 is 1.80 bits per heavy atom. The van der Waals surface area contributed by atoms with Gasteiger partial charge < -0.3 is 10.4 Å². The van der Waals surface area contributed by atoms with Crippen LogP contribution in [0.25, 0.3) is 0 Å². The molecule has 0 bridgehead atoms. The monoisotopic (exact) mass is 341 g/mol. The van der Waals surface area contributed by atoms with E-state index in [1.807, 2.05) is 0 Å². The fourth-order valence-corrected chi connectivity index (χ4v) is 1.85. The number of halogens is 3. The average molecular weight is 342 g/mol. The maximum absolute atomic E-state index is 13.4. The molecule has 0 radical (unpaired) electrons. The first-order valence-electron chi connectivity index (χ1n) is 5.67. The van der Waals surface area contributed by atoms with E-state index in [0.717, 1.165) is 16.6 Å². The predicted octanol–water partition coefficient (Wildman–Crippen LogP) is 3.40. The van der Waals surface area contributed by atoms with Crippen LogP contribution < -0.4 is 5.32 Å². The number of carbonyl (C=O) groups excluding carboxylic acids is 1. The Hall–Kier alpha value is -1.79. The largest absolute Gasteiger partial charge is 0.378 e. The van der Waals surface area contributed by atoms with Gasteiger partial charge >= 0.3 is 0 Å². The molecular weight excluding hydrogens is 332 g/mol. The molecular formula is C14H10BrF2NO2. The molecule has 20 heavy (non-hydrogen) atoms. The Bertz CT molecular complexity index is 632. The van der Waals surface area contributed by atoms with Gasteiger partial charge in [-0.3, -0.25) is 4.79 Å². The van der Waals surface area contributed by atoms with Gasteiger partial charge in [0.15, 0.2) is 6.10 Å². The van der Waals surface area contributed by atoms with E-state index in [0.29, 0.717) is 11.6 Å². The molecule has 3 nitrogen and oxygen atoms in total. The Kier molecular flexibility index (Phi) is 4.46. The fourth-order valence-electron chi connectivity index (χ4n) is 1.59. The third-order valence-electron chi connectivity index (χ3n) is 2.62. The molecule has 0 aliphatic heterocycles. The molecule has 2 rings (SSSR count). The van der Waals surface area contributed by atoms with Crippen molar-refractivity contribution >= 4 is 27.5 Å². The van der Waals surface area contributed by atoms with Crippen molar-refractivity contribution in [1.82, 2.24) is 0 Å². The lowest BCUT2D eigenvalue weighted by molar-refractivity contribution is -0.124. The summed E-state index contributed by atoms with van der Waals surface area (Å²) in [5, 5.41) is 12.1. The van der Waals surface area contributed by atoms with E-state index in [1.165, 1.54) is 0 Å². The van der Waals surface area contributed by atoms with E-state index < -0.39 is 23.6 Å². The molecule has 2 N–H and O–H groups in total. The summed E-state index contributed by atoms with van der Waals surface area (Å²) in [5.74, 6) is -2.44. The second kappa shape index (κ2) is 6.11. The van der Waals surface area contributed by atoms with Gasteiger partial charge in [0, 0.05) is 10.5 Å². The zero-order valence-corrected chi connectivity index (χ0v) is 11.7. The van der Waals surface area contributed by atoms with Crippen molar-refractivity contribution in [2.45, 2.75) is 6.10 Å². The van der Waals surface area contributed by atoms with Crippen molar-refractivity contribution < 1.29 is 18.7 Å². The minimum absolute atomic E-state index is 0.187. The van der Waals surface area contributed by atoms with Crippen molar-refractivity contribution in [2.24, 2.45) is 0 Å². The second-order valence-electron chi connectivity index (χ2n) is 4.07. The minimum Gasteiger partial charge on any atom is -0.378 e. The molecule has 2 aromatic carbocycles. The van der Waals surface area contributed by atoms with Crippen molar-refractivity contribution in [3.63, 3.8) is 0 Å². The van der Waals surface area contributed by atoms with Gasteiger partial charge in [-0.2, -0.15) is 0 Å². The fraction of sp³-hybridized carbons (Fsp3) is 0.0714. The highest BCUT2D eigenvalue weighted by Crippen LogP contribution is 2.20. The number of anilines is 1. The quantitative estimate of drug-likeness (QED) is 0.898.